The highest BCUT2D eigenvalue weighted by Gasteiger charge is 2.19. The lowest BCUT2D eigenvalue weighted by Crippen LogP contribution is -2.33. The molecule has 0 saturated heterocycles. The molecule has 21 heavy (non-hydrogen) atoms. The Morgan fingerprint density at radius 3 is 2.24 bits per heavy atom. The van der Waals surface area contributed by atoms with E-state index in [2.05, 4.69) is 0 Å². The monoisotopic (exact) mass is 305 g/mol. The van der Waals surface area contributed by atoms with E-state index in [0.717, 1.165) is 11.1 Å². The van der Waals surface area contributed by atoms with Crippen molar-refractivity contribution in [3.8, 4) is 5.75 Å². The zero-order chi connectivity index (χ0) is 15.5. The quantitative estimate of drug-likeness (QED) is 0.946. The van der Waals surface area contributed by atoms with Gasteiger partial charge in [-0.15, -0.1) is 0 Å². The number of rotatable bonds is 3. The average Bonchev–Trinajstić information content (AvgIpc) is 2.41. The van der Waals surface area contributed by atoms with Crippen LogP contribution < -0.4 is 9.46 Å². The normalized spacial score (nSPS) is 11.0. The van der Waals surface area contributed by atoms with Crippen LogP contribution in [0.5, 0.6) is 5.75 Å². The second-order valence-corrected chi connectivity index (χ2v) is 6.26. The molecule has 6 heteroatoms. The van der Waals surface area contributed by atoms with Crippen LogP contribution in [0.2, 0.25) is 0 Å². The number of para-hydroxylation sites is 1. The number of nitrogens with one attached hydrogen (secondary N) is 1. The molecule has 0 radical (unpaired) electrons. The Labute approximate surface area is 123 Å². The Morgan fingerprint density at radius 1 is 1.00 bits per heavy atom. The predicted octanol–water partition coefficient (Wildman–Crippen LogP) is 2.78. The summed E-state index contributed by atoms with van der Waals surface area (Å²) in [6, 6.07) is 13.0. The van der Waals surface area contributed by atoms with Gasteiger partial charge in [0.2, 0.25) is 0 Å². The van der Waals surface area contributed by atoms with Crippen molar-refractivity contribution < 1.29 is 17.9 Å². The first kappa shape index (κ1) is 15.1. The molecule has 0 bridgehead atoms. The van der Waals surface area contributed by atoms with Gasteiger partial charge in [0, 0.05) is 0 Å². The molecule has 5 nitrogen and oxygen atoms in total. The molecule has 1 N–H and O–H groups in total. The van der Waals surface area contributed by atoms with Gasteiger partial charge in [0.05, 0.1) is 4.90 Å². The van der Waals surface area contributed by atoms with Crippen LogP contribution in [0.15, 0.2) is 53.4 Å². The smallest absolute Gasteiger partial charge is 0.409 e. The average molecular weight is 305 g/mol. The molecule has 0 aliphatic heterocycles. The summed E-state index contributed by atoms with van der Waals surface area (Å²) in [7, 11) is -3.93. The third-order valence-electron chi connectivity index (χ3n) is 2.85. The lowest BCUT2D eigenvalue weighted by Gasteiger charge is -2.09. The molecule has 110 valence electrons. The largest absolute Gasteiger partial charge is 0.426 e. The second kappa shape index (κ2) is 5.97. The van der Waals surface area contributed by atoms with Crippen LogP contribution in [-0.4, -0.2) is 14.5 Å². The van der Waals surface area contributed by atoms with Gasteiger partial charge in [-0.25, -0.2) is 17.9 Å². The molecule has 0 fully saturated rings. The summed E-state index contributed by atoms with van der Waals surface area (Å²) in [5.41, 5.74) is 1.66. The standard InChI is InChI=1S/C15H15NO4S/c1-11-7-9-13(10-8-11)21(18,19)16-15(17)20-14-6-4-3-5-12(14)2/h3-10H,1-2H3,(H,16,17). The van der Waals surface area contributed by atoms with Gasteiger partial charge in [-0.2, -0.15) is 0 Å². The Kier molecular flexibility index (Phi) is 4.28. The van der Waals surface area contributed by atoms with Crippen LogP contribution >= 0.6 is 0 Å². The lowest BCUT2D eigenvalue weighted by molar-refractivity contribution is 0.206. The first-order valence-electron chi connectivity index (χ1n) is 6.25. The van der Waals surface area contributed by atoms with Crippen molar-refractivity contribution in [1.29, 1.82) is 0 Å². The fraction of sp³-hybridized carbons (Fsp3) is 0.133. The van der Waals surface area contributed by atoms with E-state index in [1.807, 2.05) is 11.6 Å². The Hall–Kier alpha value is -2.34. The third-order valence-corrected chi connectivity index (χ3v) is 4.17. The summed E-state index contributed by atoms with van der Waals surface area (Å²) in [5.74, 6) is 0.314. The third kappa shape index (κ3) is 3.82. The highest BCUT2D eigenvalue weighted by Crippen LogP contribution is 2.17. The van der Waals surface area contributed by atoms with Gasteiger partial charge in [-0.1, -0.05) is 35.9 Å². The van der Waals surface area contributed by atoms with Crippen LogP contribution in [0.1, 0.15) is 11.1 Å². The number of ether oxygens (including phenoxy) is 1. The molecule has 2 aromatic rings. The molecule has 2 aromatic carbocycles. The maximum atomic E-state index is 12.0. The number of sulfonamides is 1. The van der Waals surface area contributed by atoms with Gasteiger partial charge >= 0.3 is 6.09 Å². The van der Waals surface area contributed by atoms with Gasteiger partial charge in [0.15, 0.2) is 0 Å². The van der Waals surface area contributed by atoms with E-state index in [-0.39, 0.29) is 4.90 Å². The number of hydrogen-bond donors (Lipinski definition) is 1. The molecule has 0 saturated carbocycles. The van der Waals surface area contributed by atoms with Crippen LogP contribution in [-0.2, 0) is 10.0 Å². The maximum Gasteiger partial charge on any atom is 0.426 e. The van der Waals surface area contributed by atoms with Gasteiger partial charge in [-0.3, -0.25) is 0 Å². The highest BCUT2D eigenvalue weighted by atomic mass is 32.2. The Morgan fingerprint density at radius 2 is 1.62 bits per heavy atom. The van der Waals surface area contributed by atoms with E-state index < -0.39 is 16.1 Å². The molecular formula is C15H15NO4S. The Balaban J connectivity index is 2.12. The number of benzene rings is 2. The summed E-state index contributed by atoms with van der Waals surface area (Å²) in [6.07, 6.45) is -1.04. The number of carbonyl (C=O) groups is 1. The minimum Gasteiger partial charge on any atom is -0.409 e. The van der Waals surface area contributed by atoms with E-state index in [0.29, 0.717) is 5.75 Å². The highest BCUT2D eigenvalue weighted by molar-refractivity contribution is 7.90. The molecule has 0 spiro atoms. The summed E-state index contributed by atoms with van der Waals surface area (Å²) in [5, 5.41) is 0. The van der Waals surface area contributed by atoms with E-state index in [4.69, 9.17) is 4.74 Å². The van der Waals surface area contributed by atoms with Gasteiger partial charge in [-0.05, 0) is 37.6 Å². The van der Waals surface area contributed by atoms with Crippen LogP contribution in [0.4, 0.5) is 4.79 Å². The molecule has 1 amide bonds. The number of hydrogen-bond acceptors (Lipinski definition) is 4. The van der Waals surface area contributed by atoms with Crippen molar-refractivity contribution in [2.45, 2.75) is 18.7 Å². The molecule has 0 atom stereocenters. The van der Waals surface area contributed by atoms with Crippen molar-refractivity contribution in [1.82, 2.24) is 4.72 Å². The van der Waals surface area contributed by atoms with Crippen molar-refractivity contribution in [3.05, 3.63) is 59.7 Å². The van der Waals surface area contributed by atoms with E-state index in [1.54, 1.807) is 43.3 Å². The SMILES string of the molecule is Cc1ccc(S(=O)(=O)NC(=O)Oc2ccccc2C)cc1. The molecule has 0 aliphatic rings. The lowest BCUT2D eigenvalue weighted by atomic mass is 10.2. The molecule has 0 heterocycles. The van der Waals surface area contributed by atoms with Crippen molar-refractivity contribution >= 4 is 16.1 Å². The van der Waals surface area contributed by atoms with E-state index >= 15 is 0 Å². The second-order valence-electron chi connectivity index (χ2n) is 4.57. The van der Waals surface area contributed by atoms with Crippen molar-refractivity contribution in [2.75, 3.05) is 0 Å². The molecular weight excluding hydrogens is 290 g/mol. The minimum atomic E-state index is -3.93. The molecule has 0 aliphatic carbocycles. The minimum absolute atomic E-state index is 0.00911. The zero-order valence-corrected chi connectivity index (χ0v) is 12.5. The molecule has 2 rings (SSSR count). The first-order chi connectivity index (χ1) is 9.88. The fourth-order valence-electron chi connectivity index (χ4n) is 1.68. The van der Waals surface area contributed by atoms with Gasteiger partial charge in [0.25, 0.3) is 10.0 Å². The zero-order valence-electron chi connectivity index (χ0n) is 11.7. The first-order valence-corrected chi connectivity index (χ1v) is 7.74. The summed E-state index contributed by atoms with van der Waals surface area (Å²) in [4.78, 5) is 11.7. The summed E-state index contributed by atoms with van der Waals surface area (Å²) < 4.78 is 30.9. The topological polar surface area (TPSA) is 72.5 Å². The van der Waals surface area contributed by atoms with Gasteiger partial charge < -0.3 is 4.74 Å². The maximum absolute atomic E-state index is 12.0. The van der Waals surface area contributed by atoms with Gasteiger partial charge in [0.1, 0.15) is 5.75 Å². The summed E-state index contributed by atoms with van der Waals surface area (Å²) in [6.45, 7) is 3.60. The van der Waals surface area contributed by atoms with Crippen molar-refractivity contribution in [3.63, 3.8) is 0 Å². The number of amides is 1. The van der Waals surface area contributed by atoms with Crippen LogP contribution in [0, 0.1) is 13.8 Å². The predicted molar refractivity (Wildman–Crippen MR) is 78.7 cm³/mol. The Bertz CT molecular complexity index is 751. The number of aryl methyl sites for hydroxylation is 2. The van der Waals surface area contributed by atoms with Crippen molar-refractivity contribution in [2.24, 2.45) is 0 Å². The molecule has 0 aromatic heterocycles. The van der Waals surface area contributed by atoms with E-state index in [9.17, 15) is 13.2 Å². The summed E-state index contributed by atoms with van der Waals surface area (Å²) >= 11 is 0. The van der Waals surface area contributed by atoms with E-state index in [1.165, 1.54) is 12.1 Å². The van der Waals surface area contributed by atoms with Crippen LogP contribution in [0.25, 0.3) is 0 Å². The fourth-order valence-corrected chi connectivity index (χ4v) is 2.55. The number of carbonyl (C=O) groups excluding carboxylic acids is 1. The van der Waals surface area contributed by atoms with Crippen LogP contribution in [0.3, 0.4) is 0 Å². The molecule has 0 unspecified atom stereocenters.